The largest absolute Gasteiger partial charge is 0.323 e. The second kappa shape index (κ2) is 5.30. The minimum absolute atomic E-state index is 0.0263. The Morgan fingerprint density at radius 1 is 1.32 bits per heavy atom. The summed E-state index contributed by atoms with van der Waals surface area (Å²) in [5.74, 6) is -0.299. The van der Waals surface area contributed by atoms with Crippen molar-refractivity contribution in [3.8, 4) is 11.3 Å². The van der Waals surface area contributed by atoms with Gasteiger partial charge in [-0.1, -0.05) is 12.1 Å². The van der Waals surface area contributed by atoms with E-state index in [0.29, 0.717) is 17.7 Å². The van der Waals surface area contributed by atoms with Crippen LogP contribution in [0.25, 0.3) is 11.3 Å². The highest BCUT2D eigenvalue weighted by Crippen LogP contribution is 2.45. The third-order valence-electron chi connectivity index (χ3n) is 3.73. The van der Waals surface area contributed by atoms with E-state index in [9.17, 15) is 9.18 Å². The molecular formula is C16H11FN2OS2. The number of hydrogen-bond acceptors (Lipinski definition) is 4. The van der Waals surface area contributed by atoms with Crippen LogP contribution in [0.15, 0.2) is 41.1 Å². The van der Waals surface area contributed by atoms with Crippen molar-refractivity contribution in [2.24, 2.45) is 0 Å². The molecule has 1 aliphatic rings. The van der Waals surface area contributed by atoms with Crippen LogP contribution < -0.4 is 5.32 Å². The monoisotopic (exact) mass is 330 g/mol. The molecule has 0 saturated heterocycles. The molecule has 1 aliphatic heterocycles. The third kappa shape index (κ3) is 2.24. The van der Waals surface area contributed by atoms with Gasteiger partial charge in [-0.05, 0) is 46.1 Å². The molecule has 1 N–H and O–H groups in total. The molecular weight excluding hydrogens is 319 g/mol. The maximum atomic E-state index is 13.5. The Balaban J connectivity index is 1.84. The van der Waals surface area contributed by atoms with Crippen LogP contribution in [0.2, 0.25) is 0 Å². The maximum Gasteiger partial charge on any atom is 0.225 e. The first-order valence-electron chi connectivity index (χ1n) is 6.80. The number of carbonyl (C=O) groups is 1. The van der Waals surface area contributed by atoms with Crippen molar-refractivity contribution in [3.63, 3.8) is 0 Å². The molecule has 110 valence electrons. The van der Waals surface area contributed by atoms with Crippen LogP contribution in [-0.2, 0) is 4.79 Å². The van der Waals surface area contributed by atoms with E-state index in [1.165, 1.54) is 23.7 Å². The predicted octanol–water partition coefficient (Wildman–Crippen LogP) is 4.48. The number of rotatable bonds is 2. The van der Waals surface area contributed by atoms with E-state index < -0.39 is 0 Å². The number of halogens is 1. The summed E-state index contributed by atoms with van der Waals surface area (Å²) in [5, 5.41) is 6.98. The first-order chi connectivity index (χ1) is 10.7. The van der Waals surface area contributed by atoms with E-state index in [1.54, 1.807) is 23.5 Å². The molecule has 22 heavy (non-hydrogen) atoms. The van der Waals surface area contributed by atoms with E-state index in [1.807, 2.05) is 11.4 Å². The second-order valence-electron chi connectivity index (χ2n) is 5.14. The topological polar surface area (TPSA) is 42.0 Å². The average Bonchev–Trinajstić information content (AvgIpc) is 3.16. The Morgan fingerprint density at radius 3 is 3.00 bits per heavy atom. The van der Waals surface area contributed by atoms with Crippen molar-refractivity contribution in [3.05, 3.63) is 57.3 Å². The highest BCUT2D eigenvalue weighted by molar-refractivity contribution is 7.08. The minimum Gasteiger partial charge on any atom is -0.323 e. The summed E-state index contributed by atoms with van der Waals surface area (Å²) in [6.07, 6.45) is 0.425. The van der Waals surface area contributed by atoms with Crippen LogP contribution in [0, 0.1) is 5.82 Å². The lowest BCUT2D eigenvalue weighted by molar-refractivity contribution is -0.116. The Hall–Kier alpha value is -2.05. The summed E-state index contributed by atoms with van der Waals surface area (Å²) in [7, 11) is 0. The van der Waals surface area contributed by atoms with Crippen molar-refractivity contribution in [1.82, 2.24) is 4.37 Å². The normalized spacial score (nSPS) is 17.1. The zero-order valence-corrected chi connectivity index (χ0v) is 13.0. The van der Waals surface area contributed by atoms with E-state index >= 15 is 0 Å². The van der Waals surface area contributed by atoms with E-state index in [2.05, 4.69) is 15.1 Å². The number of amides is 1. The summed E-state index contributed by atoms with van der Waals surface area (Å²) in [4.78, 5) is 13.1. The van der Waals surface area contributed by atoms with E-state index in [0.717, 1.165) is 16.1 Å². The van der Waals surface area contributed by atoms with Gasteiger partial charge in [0.2, 0.25) is 5.91 Å². The number of aromatic nitrogens is 1. The lowest BCUT2D eigenvalue weighted by atomic mass is 9.91. The number of hydrogen-bond donors (Lipinski definition) is 1. The van der Waals surface area contributed by atoms with Crippen molar-refractivity contribution in [2.75, 3.05) is 5.32 Å². The van der Waals surface area contributed by atoms with Crippen molar-refractivity contribution in [2.45, 2.75) is 12.3 Å². The third-order valence-corrected chi connectivity index (χ3v) is 5.39. The van der Waals surface area contributed by atoms with E-state index in [-0.39, 0.29) is 17.6 Å². The number of nitrogens with one attached hydrogen (secondary N) is 1. The highest BCUT2D eigenvalue weighted by Gasteiger charge is 2.31. The van der Waals surface area contributed by atoms with E-state index in [4.69, 9.17) is 0 Å². The fourth-order valence-electron chi connectivity index (χ4n) is 2.71. The quantitative estimate of drug-likeness (QED) is 0.752. The molecule has 4 rings (SSSR count). The molecule has 0 unspecified atom stereocenters. The van der Waals surface area contributed by atoms with Gasteiger partial charge in [-0.15, -0.1) is 0 Å². The minimum atomic E-state index is -0.309. The number of anilines is 1. The Kier molecular flexibility index (Phi) is 3.28. The van der Waals surface area contributed by atoms with Crippen LogP contribution in [-0.4, -0.2) is 10.3 Å². The van der Waals surface area contributed by atoms with Gasteiger partial charge in [-0.3, -0.25) is 4.79 Å². The zero-order valence-electron chi connectivity index (χ0n) is 11.4. The molecule has 3 heterocycles. The maximum absolute atomic E-state index is 13.5. The number of benzene rings is 1. The highest BCUT2D eigenvalue weighted by atomic mass is 32.1. The first-order valence-corrected chi connectivity index (χ1v) is 8.51. The molecule has 2 aromatic heterocycles. The summed E-state index contributed by atoms with van der Waals surface area (Å²) >= 11 is 3.00. The van der Waals surface area contributed by atoms with Crippen LogP contribution in [0.5, 0.6) is 0 Å². The van der Waals surface area contributed by atoms with Crippen molar-refractivity contribution < 1.29 is 9.18 Å². The molecule has 3 nitrogen and oxygen atoms in total. The van der Waals surface area contributed by atoms with Gasteiger partial charge in [0.25, 0.3) is 0 Å². The number of thiophene rings is 1. The summed E-state index contributed by atoms with van der Waals surface area (Å²) < 4.78 is 17.9. The average molecular weight is 330 g/mol. The standard InChI is InChI=1S/C16H11FN2OS2/c17-11-3-1-2-9(6-11)14-15-16(22-19-14)12(7-13(20)18-15)10-4-5-21-8-10/h1-6,8,12H,7H2,(H,18,20)/t12-/m0/s1. The van der Waals surface area contributed by atoms with Gasteiger partial charge in [-0.25, -0.2) is 4.39 Å². The molecule has 0 radical (unpaired) electrons. The van der Waals surface area contributed by atoms with Crippen molar-refractivity contribution in [1.29, 1.82) is 0 Å². The Morgan fingerprint density at radius 2 is 2.23 bits per heavy atom. The smallest absolute Gasteiger partial charge is 0.225 e. The van der Waals surface area contributed by atoms with Crippen LogP contribution in [0.1, 0.15) is 22.8 Å². The molecule has 1 atom stereocenters. The molecule has 1 aromatic carbocycles. The Bertz CT molecular complexity index is 842. The predicted molar refractivity (Wildman–Crippen MR) is 86.9 cm³/mol. The van der Waals surface area contributed by atoms with Crippen molar-refractivity contribution >= 4 is 34.5 Å². The number of fused-ring (bicyclic) bond motifs is 1. The molecule has 0 bridgehead atoms. The zero-order chi connectivity index (χ0) is 15.1. The van der Waals surface area contributed by atoms with Gasteiger partial charge in [0.1, 0.15) is 11.5 Å². The summed E-state index contributed by atoms with van der Waals surface area (Å²) in [5.41, 5.74) is 3.19. The fourth-order valence-corrected chi connectivity index (χ4v) is 4.39. The van der Waals surface area contributed by atoms with Crippen LogP contribution >= 0.6 is 22.9 Å². The van der Waals surface area contributed by atoms with Crippen LogP contribution in [0.3, 0.4) is 0 Å². The summed E-state index contributed by atoms with van der Waals surface area (Å²) in [6.45, 7) is 0. The van der Waals surface area contributed by atoms with Crippen LogP contribution in [0.4, 0.5) is 10.1 Å². The van der Waals surface area contributed by atoms with Gasteiger partial charge in [-0.2, -0.15) is 15.7 Å². The first kappa shape index (κ1) is 13.6. The van der Waals surface area contributed by atoms with Gasteiger partial charge in [0.05, 0.1) is 10.6 Å². The second-order valence-corrected chi connectivity index (χ2v) is 6.73. The molecule has 6 heteroatoms. The number of carbonyl (C=O) groups excluding carboxylic acids is 1. The van der Waals surface area contributed by atoms with Gasteiger partial charge < -0.3 is 5.32 Å². The lowest BCUT2D eigenvalue weighted by Crippen LogP contribution is -2.22. The molecule has 1 amide bonds. The van der Waals surface area contributed by atoms with Gasteiger partial charge in [0, 0.05) is 17.9 Å². The molecule has 0 fully saturated rings. The molecule has 0 aliphatic carbocycles. The Labute approximate surface area is 134 Å². The number of nitrogens with zero attached hydrogens (tertiary/aromatic N) is 1. The molecule has 0 saturated carbocycles. The van der Waals surface area contributed by atoms with Gasteiger partial charge in [0.15, 0.2) is 0 Å². The van der Waals surface area contributed by atoms with Gasteiger partial charge >= 0.3 is 0 Å². The molecule has 3 aromatic rings. The fraction of sp³-hybridized carbons (Fsp3) is 0.125. The lowest BCUT2D eigenvalue weighted by Gasteiger charge is -2.21. The SMILES string of the molecule is O=C1C[C@@H](c2ccsc2)c2snc(-c3cccc(F)c3)c2N1. The molecule has 0 spiro atoms. The summed E-state index contributed by atoms with van der Waals surface area (Å²) in [6, 6.07) is 8.33.